The van der Waals surface area contributed by atoms with Gasteiger partial charge < -0.3 is 10.5 Å². The van der Waals surface area contributed by atoms with Crippen LogP contribution in [-0.2, 0) is 6.61 Å². The number of ether oxygens (including phenoxy) is 1. The van der Waals surface area contributed by atoms with E-state index in [0.717, 1.165) is 12.1 Å². The lowest BCUT2D eigenvalue weighted by atomic mass is 10.3. The molecule has 0 atom stereocenters. The number of rotatable bonds is 3. The Morgan fingerprint density at radius 2 is 2.05 bits per heavy atom. The van der Waals surface area contributed by atoms with Crippen LogP contribution in [0.1, 0.15) is 5.69 Å². The lowest BCUT2D eigenvalue weighted by molar-refractivity contribution is 0.283. The summed E-state index contributed by atoms with van der Waals surface area (Å²) in [6.45, 7) is -0.0783. The van der Waals surface area contributed by atoms with E-state index in [4.69, 9.17) is 22.1 Å². The van der Waals surface area contributed by atoms with Gasteiger partial charge in [-0.05, 0) is 34.1 Å². The average molecular weight is 350 g/mol. The maximum Gasteiger partial charge on any atom is 0.169 e. The Morgan fingerprint density at radius 3 is 2.74 bits per heavy atom. The molecule has 0 saturated carbocycles. The summed E-state index contributed by atoms with van der Waals surface area (Å²) in [7, 11) is 0. The van der Waals surface area contributed by atoms with Crippen LogP contribution in [-0.4, -0.2) is 4.98 Å². The molecule has 3 nitrogen and oxygen atoms in total. The van der Waals surface area contributed by atoms with Crippen molar-refractivity contribution in [2.75, 3.05) is 5.73 Å². The van der Waals surface area contributed by atoms with Gasteiger partial charge in [-0.1, -0.05) is 11.6 Å². The number of halogens is 4. The first kappa shape index (κ1) is 14.0. The standard InChI is InChI=1S/C12H8BrClF2N2O/c13-7-3-6(15)4-9(16)12(7)19-5-10-8(14)1-2-11(17)18-10/h1-4H,5H2,(H2,17,18). The van der Waals surface area contributed by atoms with Crippen molar-refractivity contribution in [1.29, 1.82) is 0 Å². The molecular weight excluding hydrogens is 341 g/mol. The number of hydrogen-bond acceptors (Lipinski definition) is 3. The molecule has 0 fully saturated rings. The highest BCUT2D eigenvalue weighted by molar-refractivity contribution is 9.10. The van der Waals surface area contributed by atoms with Gasteiger partial charge in [0.05, 0.1) is 15.2 Å². The fourth-order valence-corrected chi connectivity index (χ4v) is 2.09. The third-order valence-corrected chi connectivity index (χ3v) is 3.19. The fraction of sp³-hybridized carbons (Fsp3) is 0.0833. The minimum atomic E-state index is -0.813. The van der Waals surface area contributed by atoms with Crippen LogP contribution >= 0.6 is 27.5 Å². The summed E-state index contributed by atoms with van der Waals surface area (Å²) >= 11 is 8.93. The number of nitrogen functional groups attached to an aromatic ring is 1. The second kappa shape index (κ2) is 5.71. The van der Waals surface area contributed by atoms with E-state index in [9.17, 15) is 8.78 Å². The van der Waals surface area contributed by atoms with Gasteiger partial charge in [-0.2, -0.15) is 0 Å². The second-order valence-corrected chi connectivity index (χ2v) is 4.91. The normalized spacial score (nSPS) is 10.5. The SMILES string of the molecule is Nc1ccc(Cl)c(COc2c(F)cc(F)cc2Br)n1. The third-order valence-electron chi connectivity index (χ3n) is 2.26. The van der Waals surface area contributed by atoms with Crippen LogP contribution in [0, 0.1) is 11.6 Å². The molecular formula is C12H8BrClF2N2O. The Labute approximate surface area is 121 Å². The second-order valence-electron chi connectivity index (χ2n) is 3.65. The summed E-state index contributed by atoms with van der Waals surface area (Å²) in [6, 6.07) is 4.94. The zero-order valence-electron chi connectivity index (χ0n) is 9.46. The molecule has 0 aliphatic carbocycles. The molecule has 0 aliphatic rings. The van der Waals surface area contributed by atoms with Crippen LogP contribution in [0.2, 0.25) is 5.02 Å². The summed E-state index contributed by atoms with van der Waals surface area (Å²) in [6.07, 6.45) is 0. The van der Waals surface area contributed by atoms with Crippen molar-refractivity contribution in [2.24, 2.45) is 0 Å². The molecule has 1 aromatic carbocycles. The molecule has 0 aliphatic heterocycles. The zero-order chi connectivity index (χ0) is 14.0. The minimum Gasteiger partial charge on any atom is -0.483 e. The van der Waals surface area contributed by atoms with Gasteiger partial charge in [-0.15, -0.1) is 0 Å². The van der Waals surface area contributed by atoms with Crippen LogP contribution in [0.3, 0.4) is 0 Å². The lowest BCUT2D eigenvalue weighted by Crippen LogP contribution is -2.03. The number of anilines is 1. The van der Waals surface area contributed by atoms with Crippen molar-refractivity contribution in [3.63, 3.8) is 0 Å². The molecule has 2 N–H and O–H groups in total. The minimum absolute atomic E-state index is 0.0783. The predicted molar refractivity (Wildman–Crippen MR) is 72.0 cm³/mol. The van der Waals surface area contributed by atoms with Crippen molar-refractivity contribution in [3.8, 4) is 5.75 Å². The molecule has 100 valence electrons. The maximum absolute atomic E-state index is 13.5. The Bertz CT molecular complexity index is 602. The summed E-state index contributed by atoms with van der Waals surface area (Å²) in [4.78, 5) is 3.97. The van der Waals surface area contributed by atoms with E-state index >= 15 is 0 Å². The molecule has 1 aromatic heterocycles. The van der Waals surface area contributed by atoms with Gasteiger partial charge >= 0.3 is 0 Å². The molecule has 0 radical (unpaired) electrons. The average Bonchev–Trinajstić information content (AvgIpc) is 2.32. The molecule has 0 saturated heterocycles. The van der Waals surface area contributed by atoms with Crippen molar-refractivity contribution in [2.45, 2.75) is 6.61 Å². The number of nitrogens with zero attached hydrogens (tertiary/aromatic N) is 1. The van der Waals surface area contributed by atoms with Gasteiger partial charge in [0, 0.05) is 6.07 Å². The number of aromatic nitrogens is 1. The van der Waals surface area contributed by atoms with Crippen LogP contribution in [0.5, 0.6) is 5.75 Å². The molecule has 2 rings (SSSR count). The van der Waals surface area contributed by atoms with E-state index in [-0.39, 0.29) is 22.6 Å². The van der Waals surface area contributed by atoms with Crippen molar-refractivity contribution >= 4 is 33.3 Å². The molecule has 0 bridgehead atoms. The molecule has 1 heterocycles. The van der Waals surface area contributed by atoms with Crippen molar-refractivity contribution in [1.82, 2.24) is 4.98 Å². The Morgan fingerprint density at radius 1 is 1.32 bits per heavy atom. The largest absolute Gasteiger partial charge is 0.483 e. The highest BCUT2D eigenvalue weighted by atomic mass is 79.9. The number of pyridine rings is 1. The molecule has 7 heteroatoms. The van der Waals surface area contributed by atoms with Crippen LogP contribution in [0.15, 0.2) is 28.7 Å². The van der Waals surface area contributed by atoms with Crippen molar-refractivity contribution in [3.05, 3.63) is 51.1 Å². The quantitative estimate of drug-likeness (QED) is 0.913. The monoisotopic (exact) mass is 348 g/mol. The fourth-order valence-electron chi connectivity index (χ4n) is 1.41. The summed E-state index contributed by atoms with van der Waals surface area (Å²) in [5.74, 6) is -1.34. The van der Waals surface area contributed by atoms with Gasteiger partial charge in [0.15, 0.2) is 11.6 Å². The number of nitrogens with two attached hydrogens (primary N) is 1. The van der Waals surface area contributed by atoms with E-state index in [2.05, 4.69) is 20.9 Å². The molecule has 0 unspecified atom stereocenters. The first-order valence-electron chi connectivity index (χ1n) is 5.15. The highest BCUT2D eigenvalue weighted by Crippen LogP contribution is 2.30. The topological polar surface area (TPSA) is 48.1 Å². The Kier molecular flexibility index (Phi) is 4.21. The highest BCUT2D eigenvalue weighted by Gasteiger charge is 2.12. The number of hydrogen-bond donors (Lipinski definition) is 1. The van der Waals surface area contributed by atoms with E-state index in [0.29, 0.717) is 10.7 Å². The van der Waals surface area contributed by atoms with Crippen LogP contribution < -0.4 is 10.5 Å². The molecule has 19 heavy (non-hydrogen) atoms. The van der Waals surface area contributed by atoms with E-state index < -0.39 is 11.6 Å². The van der Waals surface area contributed by atoms with Gasteiger partial charge in [-0.25, -0.2) is 13.8 Å². The smallest absolute Gasteiger partial charge is 0.169 e. The third kappa shape index (κ3) is 3.33. The Balaban J connectivity index is 2.21. The Hall–Kier alpha value is -1.40. The molecule has 0 amide bonds. The molecule has 2 aromatic rings. The van der Waals surface area contributed by atoms with Gasteiger partial charge in [0.1, 0.15) is 18.2 Å². The summed E-state index contributed by atoms with van der Waals surface area (Å²) in [5.41, 5.74) is 5.89. The zero-order valence-corrected chi connectivity index (χ0v) is 11.8. The van der Waals surface area contributed by atoms with Gasteiger partial charge in [0.25, 0.3) is 0 Å². The predicted octanol–water partition coefficient (Wildman–Crippen LogP) is 3.94. The van der Waals surface area contributed by atoms with Gasteiger partial charge in [0.2, 0.25) is 0 Å². The van der Waals surface area contributed by atoms with Gasteiger partial charge in [-0.3, -0.25) is 0 Å². The van der Waals surface area contributed by atoms with Crippen molar-refractivity contribution < 1.29 is 13.5 Å². The summed E-state index contributed by atoms with van der Waals surface area (Å²) in [5, 5.41) is 0.354. The van der Waals surface area contributed by atoms with Crippen LogP contribution in [0.4, 0.5) is 14.6 Å². The molecule has 0 spiro atoms. The lowest BCUT2D eigenvalue weighted by Gasteiger charge is -2.10. The first-order valence-corrected chi connectivity index (χ1v) is 6.32. The maximum atomic E-state index is 13.5. The van der Waals surface area contributed by atoms with E-state index in [1.807, 2.05) is 0 Å². The van der Waals surface area contributed by atoms with Crippen LogP contribution in [0.25, 0.3) is 0 Å². The summed E-state index contributed by atoms with van der Waals surface area (Å²) < 4.78 is 31.9. The number of benzene rings is 1. The van der Waals surface area contributed by atoms with E-state index in [1.165, 1.54) is 0 Å². The van der Waals surface area contributed by atoms with E-state index in [1.54, 1.807) is 12.1 Å². The first-order chi connectivity index (χ1) is 8.97.